The minimum Gasteiger partial charge on any atom is -0.544 e. The van der Waals surface area contributed by atoms with E-state index in [4.69, 9.17) is 13.9 Å². The summed E-state index contributed by atoms with van der Waals surface area (Å²) < 4.78 is 20.1. The Kier molecular flexibility index (Phi) is 8.29. The topological polar surface area (TPSA) is 97.5 Å². The van der Waals surface area contributed by atoms with Gasteiger partial charge < -0.3 is 13.9 Å². The van der Waals surface area contributed by atoms with Crippen LogP contribution in [0.1, 0.15) is 44.4 Å². The molecule has 3 aromatic carbocycles. The fraction of sp³-hybridized carbons (Fsp3) is 0.235. The Labute approximate surface area is 258 Å². The lowest BCUT2D eigenvalue weighted by Gasteiger charge is -2.37. The van der Waals surface area contributed by atoms with E-state index in [-0.39, 0.29) is 5.04 Å². The summed E-state index contributed by atoms with van der Waals surface area (Å²) in [5.74, 6) is 1.66. The van der Waals surface area contributed by atoms with E-state index in [1.54, 1.807) is 24.3 Å². The second-order valence-corrected chi connectivity index (χ2v) is 17.0. The summed E-state index contributed by atoms with van der Waals surface area (Å²) in [5, 5.41) is 0.0757. The molecule has 0 aliphatic rings. The highest BCUT2D eigenvalue weighted by molar-refractivity contribution is 6.74. The Balaban J connectivity index is 1.47. The van der Waals surface area contributed by atoms with Crippen molar-refractivity contribution in [1.29, 1.82) is 0 Å². The zero-order valence-electron chi connectivity index (χ0n) is 25.7. The first kappa shape index (κ1) is 30.5. The molecule has 0 aliphatic carbocycles. The Bertz CT molecular complexity index is 1620. The molecular formula is C34H36N4O5Si. The van der Waals surface area contributed by atoms with E-state index in [0.717, 1.165) is 22.4 Å². The number of ether oxygens (including phenoxy) is 2. The molecule has 0 atom stereocenters. The monoisotopic (exact) mass is 608 g/mol. The molecular weight excluding hydrogens is 572 g/mol. The van der Waals surface area contributed by atoms with Crippen LogP contribution in [0.5, 0.6) is 17.2 Å². The first-order valence-corrected chi connectivity index (χ1v) is 17.2. The molecule has 0 unspecified atom stereocenters. The molecule has 44 heavy (non-hydrogen) atoms. The summed E-state index contributed by atoms with van der Waals surface area (Å²) in [5.41, 5.74) is 2.36. The normalized spacial score (nSPS) is 12.0. The number of imidazole rings is 2. The maximum Gasteiger partial charge on any atom is 0.424 e. The SMILES string of the molecule is CC(c1ccc(OC(=O)n2ccnc2)cc1)(c1ccc(OC(=O)n2ccnc2)cc1)c1ccc(O[Si](C)(C)C(C)(C)C)cc1. The number of rotatable bonds is 7. The predicted octanol–water partition coefficient (Wildman–Crippen LogP) is 7.91. The molecule has 226 valence electrons. The summed E-state index contributed by atoms with van der Waals surface area (Å²) in [6, 6.07) is 23.1. The van der Waals surface area contributed by atoms with Gasteiger partial charge in [-0.15, -0.1) is 0 Å². The van der Waals surface area contributed by atoms with Crippen LogP contribution in [0.2, 0.25) is 18.1 Å². The highest BCUT2D eigenvalue weighted by Crippen LogP contribution is 2.42. The first-order chi connectivity index (χ1) is 20.9. The van der Waals surface area contributed by atoms with Crippen LogP contribution >= 0.6 is 0 Å². The van der Waals surface area contributed by atoms with Crippen molar-refractivity contribution in [2.75, 3.05) is 0 Å². The number of aromatic nitrogens is 4. The lowest BCUT2D eigenvalue weighted by molar-refractivity contribution is 0.201. The van der Waals surface area contributed by atoms with E-state index in [0.29, 0.717) is 11.5 Å². The molecule has 2 heterocycles. The van der Waals surface area contributed by atoms with Crippen LogP contribution in [-0.4, -0.2) is 39.6 Å². The largest absolute Gasteiger partial charge is 0.544 e. The van der Waals surface area contributed by atoms with E-state index in [1.807, 2.05) is 36.4 Å². The molecule has 0 bridgehead atoms. The third-order valence-electron chi connectivity index (χ3n) is 8.31. The molecule has 5 aromatic rings. The number of carbonyl (C=O) groups is 2. The van der Waals surface area contributed by atoms with Gasteiger partial charge in [0.2, 0.25) is 8.32 Å². The summed E-state index contributed by atoms with van der Waals surface area (Å²) in [7, 11) is -2.01. The minimum absolute atomic E-state index is 0.0757. The molecule has 5 rings (SSSR count). The Morgan fingerprint density at radius 2 is 0.977 bits per heavy atom. The van der Waals surface area contributed by atoms with Crippen molar-refractivity contribution in [3.8, 4) is 17.2 Å². The Morgan fingerprint density at radius 1 is 0.614 bits per heavy atom. The quantitative estimate of drug-likeness (QED) is 0.137. The van der Waals surface area contributed by atoms with Crippen LogP contribution in [0.25, 0.3) is 0 Å². The third-order valence-corrected chi connectivity index (χ3v) is 12.7. The van der Waals surface area contributed by atoms with Gasteiger partial charge in [-0.05, 0) is 78.1 Å². The van der Waals surface area contributed by atoms with Crippen LogP contribution in [0, 0.1) is 0 Å². The lowest BCUT2D eigenvalue weighted by Crippen LogP contribution is -2.43. The molecule has 0 N–H and O–H groups in total. The van der Waals surface area contributed by atoms with Gasteiger partial charge >= 0.3 is 12.2 Å². The van der Waals surface area contributed by atoms with E-state index in [9.17, 15) is 9.59 Å². The predicted molar refractivity (Wildman–Crippen MR) is 170 cm³/mol. The molecule has 0 amide bonds. The minimum atomic E-state index is -2.01. The van der Waals surface area contributed by atoms with Crippen molar-refractivity contribution >= 4 is 20.5 Å². The smallest absolute Gasteiger partial charge is 0.424 e. The second kappa shape index (κ2) is 12.0. The van der Waals surface area contributed by atoms with Gasteiger partial charge in [-0.1, -0.05) is 57.2 Å². The fourth-order valence-corrected chi connectivity index (χ4v) is 5.59. The number of benzene rings is 3. The van der Waals surface area contributed by atoms with Crippen molar-refractivity contribution in [3.63, 3.8) is 0 Å². The van der Waals surface area contributed by atoms with Crippen molar-refractivity contribution < 1.29 is 23.5 Å². The van der Waals surface area contributed by atoms with Crippen molar-refractivity contribution in [2.24, 2.45) is 0 Å². The first-order valence-electron chi connectivity index (χ1n) is 14.3. The average molecular weight is 609 g/mol. The van der Waals surface area contributed by atoms with Gasteiger partial charge in [0.1, 0.15) is 29.9 Å². The van der Waals surface area contributed by atoms with E-state index < -0.39 is 25.9 Å². The molecule has 0 radical (unpaired) electrons. The van der Waals surface area contributed by atoms with Gasteiger partial charge in [-0.2, -0.15) is 0 Å². The molecule has 0 fully saturated rings. The number of carbonyl (C=O) groups excluding carboxylic acids is 2. The fourth-order valence-electron chi connectivity index (χ4n) is 4.56. The van der Waals surface area contributed by atoms with E-state index >= 15 is 0 Å². The standard InChI is InChI=1S/C34H36N4O5Si/c1-33(2,3)44(5,6)43-30-17-11-27(12-18-30)34(4,25-7-13-28(14-8-25)41-31(39)37-21-19-35-23-37)26-9-15-29(16-10-26)42-32(40)38-22-20-36-24-38/h7-24H,1-6H3. The molecule has 0 spiro atoms. The number of hydrogen-bond donors (Lipinski definition) is 0. The maximum absolute atomic E-state index is 12.4. The van der Waals surface area contributed by atoms with Gasteiger partial charge in [0, 0.05) is 30.2 Å². The highest BCUT2D eigenvalue weighted by atomic mass is 28.4. The molecule has 0 saturated carbocycles. The van der Waals surface area contributed by atoms with Crippen LogP contribution < -0.4 is 13.9 Å². The van der Waals surface area contributed by atoms with Gasteiger partial charge in [0.15, 0.2) is 0 Å². The van der Waals surface area contributed by atoms with Crippen molar-refractivity contribution in [1.82, 2.24) is 19.1 Å². The molecule has 9 nitrogen and oxygen atoms in total. The lowest BCUT2D eigenvalue weighted by atomic mass is 9.71. The molecule has 0 aliphatic heterocycles. The summed E-state index contributed by atoms with van der Waals surface area (Å²) in [6.07, 6.45) is 7.79. The van der Waals surface area contributed by atoms with Gasteiger partial charge in [0.05, 0.1) is 0 Å². The summed E-state index contributed by atoms with van der Waals surface area (Å²) in [6.45, 7) is 13.3. The number of hydrogen-bond acceptors (Lipinski definition) is 7. The van der Waals surface area contributed by atoms with E-state index in [1.165, 1.54) is 46.6 Å². The van der Waals surface area contributed by atoms with Crippen molar-refractivity contribution in [2.45, 2.75) is 51.2 Å². The van der Waals surface area contributed by atoms with Crippen LogP contribution in [0.15, 0.2) is 110 Å². The molecule has 10 heteroatoms. The van der Waals surface area contributed by atoms with Gasteiger partial charge in [0.25, 0.3) is 0 Å². The van der Waals surface area contributed by atoms with Gasteiger partial charge in [-0.25, -0.2) is 28.7 Å². The third kappa shape index (κ3) is 6.35. The molecule has 0 saturated heterocycles. The zero-order valence-corrected chi connectivity index (χ0v) is 26.7. The summed E-state index contributed by atoms with van der Waals surface area (Å²) >= 11 is 0. The summed E-state index contributed by atoms with van der Waals surface area (Å²) in [4.78, 5) is 32.6. The van der Waals surface area contributed by atoms with E-state index in [2.05, 4.69) is 62.9 Å². The van der Waals surface area contributed by atoms with Crippen molar-refractivity contribution in [3.05, 3.63) is 127 Å². The van der Waals surface area contributed by atoms with Crippen LogP contribution in [0.3, 0.4) is 0 Å². The second-order valence-electron chi connectivity index (χ2n) is 12.2. The number of nitrogens with zero attached hydrogens (tertiary/aromatic N) is 4. The Hall–Kier alpha value is -4.96. The van der Waals surface area contributed by atoms with Crippen LogP contribution in [0.4, 0.5) is 9.59 Å². The average Bonchev–Trinajstić information content (AvgIpc) is 3.73. The van der Waals surface area contributed by atoms with Gasteiger partial charge in [-0.3, -0.25) is 0 Å². The maximum atomic E-state index is 12.4. The zero-order chi connectivity index (χ0) is 31.5. The molecule has 2 aromatic heterocycles. The highest BCUT2D eigenvalue weighted by Gasteiger charge is 2.39. The Morgan fingerprint density at radius 3 is 1.30 bits per heavy atom. The van der Waals surface area contributed by atoms with Crippen LogP contribution in [-0.2, 0) is 5.41 Å².